The molecule has 1 N–H and O–H groups in total. The highest BCUT2D eigenvalue weighted by Crippen LogP contribution is 2.17. The number of aryl methyl sites for hydroxylation is 1. The molecule has 0 saturated carbocycles. The minimum atomic E-state index is 0.258. The van der Waals surface area contributed by atoms with Gasteiger partial charge >= 0.3 is 6.01 Å². The molecule has 0 aromatic carbocycles. The van der Waals surface area contributed by atoms with Crippen LogP contribution in [0.15, 0.2) is 9.93 Å². The Morgan fingerprint density at radius 2 is 2.25 bits per heavy atom. The summed E-state index contributed by atoms with van der Waals surface area (Å²) < 4.78 is 5.43. The summed E-state index contributed by atoms with van der Waals surface area (Å²) in [6.07, 6.45) is 0. The first kappa shape index (κ1) is 11.1. The van der Waals surface area contributed by atoms with Crippen LogP contribution in [0.25, 0.3) is 0 Å². The summed E-state index contributed by atoms with van der Waals surface area (Å²) in [7, 11) is 0. The Balaban J connectivity index is 1.97. The standard InChI is InChI=1S/C10H14N4OS/c1-6(2)9-13-14-10(15-9)11-4-8-7(3)12-5-16-8/h5-6H,4H2,1-3H3,(H,11,14). The van der Waals surface area contributed by atoms with E-state index in [1.165, 1.54) is 4.88 Å². The molecule has 0 aliphatic rings. The van der Waals surface area contributed by atoms with E-state index in [0.717, 1.165) is 5.69 Å². The number of nitrogens with one attached hydrogen (secondary N) is 1. The molecule has 2 aromatic heterocycles. The van der Waals surface area contributed by atoms with Crippen LogP contribution in [-0.2, 0) is 6.54 Å². The van der Waals surface area contributed by atoms with E-state index < -0.39 is 0 Å². The van der Waals surface area contributed by atoms with E-state index in [1.54, 1.807) is 11.3 Å². The van der Waals surface area contributed by atoms with Crippen LogP contribution in [0.5, 0.6) is 0 Å². The lowest BCUT2D eigenvalue weighted by molar-refractivity contribution is 0.480. The van der Waals surface area contributed by atoms with E-state index >= 15 is 0 Å². The van der Waals surface area contributed by atoms with E-state index in [-0.39, 0.29) is 5.92 Å². The molecule has 0 spiro atoms. The quantitative estimate of drug-likeness (QED) is 0.886. The molecule has 5 nitrogen and oxygen atoms in total. The first-order chi connectivity index (χ1) is 7.66. The zero-order chi connectivity index (χ0) is 11.5. The molecular weight excluding hydrogens is 224 g/mol. The van der Waals surface area contributed by atoms with Gasteiger partial charge in [0, 0.05) is 10.8 Å². The second-order valence-electron chi connectivity index (χ2n) is 3.81. The van der Waals surface area contributed by atoms with Crippen LogP contribution in [0.1, 0.15) is 36.2 Å². The van der Waals surface area contributed by atoms with Crippen LogP contribution >= 0.6 is 11.3 Å². The van der Waals surface area contributed by atoms with Crippen molar-refractivity contribution in [3.05, 3.63) is 22.0 Å². The van der Waals surface area contributed by atoms with Gasteiger partial charge in [0.15, 0.2) is 0 Å². The highest BCUT2D eigenvalue weighted by molar-refractivity contribution is 7.09. The third kappa shape index (κ3) is 2.38. The van der Waals surface area contributed by atoms with Gasteiger partial charge in [-0.25, -0.2) is 4.98 Å². The lowest BCUT2D eigenvalue weighted by atomic mass is 10.2. The van der Waals surface area contributed by atoms with Gasteiger partial charge in [-0.05, 0) is 6.92 Å². The van der Waals surface area contributed by atoms with E-state index in [0.29, 0.717) is 18.5 Å². The summed E-state index contributed by atoms with van der Waals surface area (Å²) in [6.45, 7) is 6.70. The van der Waals surface area contributed by atoms with Crippen LogP contribution in [0.2, 0.25) is 0 Å². The first-order valence-electron chi connectivity index (χ1n) is 5.13. The summed E-state index contributed by atoms with van der Waals surface area (Å²) in [5, 5.41) is 11.0. The minimum absolute atomic E-state index is 0.258. The van der Waals surface area contributed by atoms with Gasteiger partial charge in [-0.2, -0.15) is 0 Å². The van der Waals surface area contributed by atoms with Crippen molar-refractivity contribution in [2.45, 2.75) is 33.2 Å². The Hall–Kier alpha value is -1.43. The number of hydrogen-bond donors (Lipinski definition) is 1. The number of nitrogens with zero attached hydrogens (tertiary/aromatic N) is 3. The van der Waals surface area contributed by atoms with Crippen molar-refractivity contribution in [3.63, 3.8) is 0 Å². The average molecular weight is 238 g/mol. The maximum Gasteiger partial charge on any atom is 0.315 e. The zero-order valence-electron chi connectivity index (χ0n) is 9.52. The SMILES string of the molecule is Cc1ncsc1CNc1nnc(C(C)C)o1. The Bertz CT molecular complexity index is 463. The summed E-state index contributed by atoms with van der Waals surface area (Å²) in [5.41, 5.74) is 2.88. The Morgan fingerprint density at radius 3 is 2.81 bits per heavy atom. The maximum atomic E-state index is 5.43. The van der Waals surface area contributed by atoms with E-state index in [9.17, 15) is 0 Å². The second kappa shape index (κ2) is 4.61. The van der Waals surface area contributed by atoms with Gasteiger partial charge in [0.2, 0.25) is 5.89 Å². The Morgan fingerprint density at radius 1 is 1.44 bits per heavy atom. The highest BCUT2D eigenvalue weighted by atomic mass is 32.1. The average Bonchev–Trinajstić information content (AvgIpc) is 2.83. The van der Waals surface area contributed by atoms with E-state index in [4.69, 9.17) is 4.42 Å². The van der Waals surface area contributed by atoms with Crippen molar-refractivity contribution in [1.82, 2.24) is 15.2 Å². The molecular formula is C10H14N4OS. The second-order valence-corrected chi connectivity index (χ2v) is 4.75. The molecule has 0 radical (unpaired) electrons. The molecule has 16 heavy (non-hydrogen) atoms. The summed E-state index contributed by atoms with van der Waals surface area (Å²) in [6, 6.07) is 0.469. The lowest BCUT2D eigenvalue weighted by Gasteiger charge is -1.99. The molecule has 0 aliphatic carbocycles. The first-order valence-corrected chi connectivity index (χ1v) is 6.01. The fraction of sp³-hybridized carbons (Fsp3) is 0.500. The lowest BCUT2D eigenvalue weighted by Crippen LogP contribution is -1.99. The minimum Gasteiger partial charge on any atom is -0.408 e. The van der Waals surface area contributed by atoms with Crippen molar-refractivity contribution in [1.29, 1.82) is 0 Å². The van der Waals surface area contributed by atoms with Gasteiger partial charge in [-0.1, -0.05) is 18.9 Å². The molecule has 0 amide bonds. The van der Waals surface area contributed by atoms with Gasteiger partial charge in [-0.3, -0.25) is 0 Å². The van der Waals surface area contributed by atoms with Gasteiger partial charge in [0.25, 0.3) is 0 Å². The molecule has 2 rings (SSSR count). The number of hydrogen-bond acceptors (Lipinski definition) is 6. The summed E-state index contributed by atoms with van der Waals surface area (Å²) in [5.74, 6) is 0.914. The van der Waals surface area contributed by atoms with Gasteiger partial charge in [-0.15, -0.1) is 16.4 Å². The number of thiazole rings is 1. The fourth-order valence-electron chi connectivity index (χ4n) is 1.19. The fourth-order valence-corrected chi connectivity index (χ4v) is 1.91. The normalized spacial score (nSPS) is 11.0. The number of aromatic nitrogens is 3. The molecule has 6 heteroatoms. The predicted molar refractivity (Wildman–Crippen MR) is 62.6 cm³/mol. The third-order valence-electron chi connectivity index (χ3n) is 2.18. The van der Waals surface area contributed by atoms with E-state index in [2.05, 4.69) is 20.5 Å². The number of rotatable bonds is 4. The smallest absolute Gasteiger partial charge is 0.315 e. The molecule has 0 atom stereocenters. The molecule has 86 valence electrons. The van der Waals surface area contributed by atoms with Crippen molar-refractivity contribution < 1.29 is 4.42 Å². The number of anilines is 1. The Kier molecular flexibility index (Phi) is 3.19. The molecule has 0 bridgehead atoms. The van der Waals surface area contributed by atoms with Crippen LogP contribution in [-0.4, -0.2) is 15.2 Å². The summed E-state index contributed by atoms with van der Waals surface area (Å²) >= 11 is 1.62. The monoisotopic (exact) mass is 238 g/mol. The van der Waals surface area contributed by atoms with Gasteiger partial charge in [0.1, 0.15) is 0 Å². The maximum absolute atomic E-state index is 5.43. The van der Waals surface area contributed by atoms with E-state index in [1.807, 2.05) is 26.3 Å². The molecule has 0 saturated heterocycles. The largest absolute Gasteiger partial charge is 0.408 e. The molecule has 0 unspecified atom stereocenters. The molecule has 0 aliphatic heterocycles. The van der Waals surface area contributed by atoms with Gasteiger partial charge in [0.05, 0.1) is 17.7 Å². The molecule has 0 fully saturated rings. The van der Waals surface area contributed by atoms with Crippen molar-refractivity contribution in [2.24, 2.45) is 0 Å². The van der Waals surface area contributed by atoms with Crippen molar-refractivity contribution in [3.8, 4) is 0 Å². The summed E-state index contributed by atoms with van der Waals surface area (Å²) in [4.78, 5) is 5.36. The van der Waals surface area contributed by atoms with Crippen molar-refractivity contribution >= 4 is 17.4 Å². The zero-order valence-corrected chi connectivity index (χ0v) is 10.3. The van der Waals surface area contributed by atoms with Crippen LogP contribution in [0.3, 0.4) is 0 Å². The van der Waals surface area contributed by atoms with Gasteiger partial charge < -0.3 is 9.73 Å². The molecule has 2 aromatic rings. The topological polar surface area (TPSA) is 63.8 Å². The van der Waals surface area contributed by atoms with Crippen LogP contribution in [0, 0.1) is 6.92 Å². The highest BCUT2D eigenvalue weighted by Gasteiger charge is 2.09. The predicted octanol–water partition coefficient (Wildman–Crippen LogP) is 2.57. The van der Waals surface area contributed by atoms with Crippen LogP contribution in [0.4, 0.5) is 6.01 Å². The van der Waals surface area contributed by atoms with Crippen LogP contribution < -0.4 is 5.32 Å². The third-order valence-corrected chi connectivity index (χ3v) is 3.11. The molecule has 2 heterocycles. The Labute approximate surface area is 97.9 Å². The van der Waals surface area contributed by atoms with Crippen molar-refractivity contribution in [2.75, 3.05) is 5.32 Å².